The first-order valence-corrected chi connectivity index (χ1v) is 7.14. The highest BCUT2D eigenvalue weighted by molar-refractivity contribution is 6.42. The van der Waals surface area contributed by atoms with E-state index >= 15 is 0 Å². The molecule has 1 atom stereocenters. The largest absolute Gasteiger partial charge is 0.307 e. The van der Waals surface area contributed by atoms with Crippen LogP contribution in [0.4, 0.5) is 0 Å². The van der Waals surface area contributed by atoms with E-state index in [1.54, 1.807) is 0 Å². The fourth-order valence-corrected chi connectivity index (χ4v) is 2.99. The van der Waals surface area contributed by atoms with E-state index in [9.17, 15) is 0 Å². The molecule has 0 bridgehead atoms. The van der Waals surface area contributed by atoms with Gasteiger partial charge in [-0.15, -0.1) is 0 Å². The predicted molar refractivity (Wildman–Crippen MR) is 74.9 cm³/mol. The molecule has 1 unspecified atom stereocenters. The van der Waals surface area contributed by atoms with E-state index in [1.165, 1.54) is 31.2 Å². The van der Waals surface area contributed by atoms with Gasteiger partial charge in [0.1, 0.15) is 0 Å². The van der Waals surface area contributed by atoms with E-state index in [-0.39, 0.29) is 5.54 Å². The van der Waals surface area contributed by atoms with Gasteiger partial charge in [0.2, 0.25) is 0 Å². The third-order valence-electron chi connectivity index (χ3n) is 3.82. The van der Waals surface area contributed by atoms with Crippen LogP contribution in [0.25, 0.3) is 0 Å². The second-order valence-corrected chi connectivity index (χ2v) is 5.62. The molecule has 1 fully saturated rings. The Labute approximate surface area is 114 Å². The summed E-state index contributed by atoms with van der Waals surface area (Å²) in [5.41, 5.74) is 1.36. The molecule has 1 saturated heterocycles. The summed E-state index contributed by atoms with van der Waals surface area (Å²) in [6.07, 6.45) is 6.13. The summed E-state index contributed by atoms with van der Waals surface area (Å²) in [4.78, 5) is 0. The fourth-order valence-electron chi connectivity index (χ4n) is 2.69. The maximum Gasteiger partial charge on any atom is 0.0595 e. The summed E-state index contributed by atoms with van der Waals surface area (Å²) in [6.45, 7) is 3.33. The Morgan fingerprint density at radius 2 is 2.00 bits per heavy atom. The third-order valence-corrected chi connectivity index (χ3v) is 4.56. The topological polar surface area (TPSA) is 12.0 Å². The molecule has 0 radical (unpaired) electrons. The molecule has 3 heteroatoms. The number of hydrogen-bond acceptors (Lipinski definition) is 1. The molecule has 2 rings (SSSR count). The minimum absolute atomic E-state index is 0.0880. The van der Waals surface area contributed by atoms with E-state index in [1.807, 2.05) is 12.1 Å². The van der Waals surface area contributed by atoms with Gasteiger partial charge in [0.25, 0.3) is 0 Å². The molecule has 1 aliphatic heterocycles. The van der Waals surface area contributed by atoms with Crippen molar-refractivity contribution in [3.05, 3.63) is 33.8 Å². The third kappa shape index (κ3) is 2.78. The Balaban J connectivity index is 2.35. The molecular formula is C14H19Cl2N. The van der Waals surface area contributed by atoms with Gasteiger partial charge in [-0.1, -0.05) is 49.0 Å². The summed E-state index contributed by atoms with van der Waals surface area (Å²) >= 11 is 12.1. The van der Waals surface area contributed by atoms with Crippen LogP contribution in [-0.4, -0.2) is 6.54 Å². The minimum atomic E-state index is 0.0880. The Hall–Kier alpha value is -0.240. The van der Waals surface area contributed by atoms with E-state index in [0.29, 0.717) is 10.0 Å². The van der Waals surface area contributed by atoms with Crippen molar-refractivity contribution in [1.29, 1.82) is 0 Å². The van der Waals surface area contributed by atoms with Crippen molar-refractivity contribution in [3.63, 3.8) is 0 Å². The summed E-state index contributed by atoms with van der Waals surface area (Å²) in [5, 5.41) is 5.00. The molecule has 94 valence electrons. The summed E-state index contributed by atoms with van der Waals surface area (Å²) in [6, 6.07) is 6.03. The Bertz CT molecular complexity index is 382. The molecule has 0 aliphatic carbocycles. The van der Waals surface area contributed by atoms with Crippen LogP contribution in [0.1, 0.15) is 44.6 Å². The lowest BCUT2D eigenvalue weighted by molar-refractivity contribution is 0.312. The second-order valence-electron chi connectivity index (χ2n) is 4.80. The van der Waals surface area contributed by atoms with Gasteiger partial charge in [0, 0.05) is 5.54 Å². The van der Waals surface area contributed by atoms with Gasteiger partial charge in [-0.05, 0) is 43.5 Å². The first-order valence-electron chi connectivity index (χ1n) is 6.38. The summed E-state index contributed by atoms with van der Waals surface area (Å²) < 4.78 is 0. The minimum Gasteiger partial charge on any atom is -0.307 e. The van der Waals surface area contributed by atoms with Gasteiger partial charge in [-0.25, -0.2) is 0 Å². The molecule has 0 spiro atoms. The lowest BCUT2D eigenvalue weighted by atomic mass is 9.83. The van der Waals surface area contributed by atoms with Crippen LogP contribution >= 0.6 is 23.2 Å². The Morgan fingerprint density at radius 3 is 2.71 bits per heavy atom. The van der Waals surface area contributed by atoms with Crippen molar-refractivity contribution in [2.24, 2.45) is 0 Å². The Kier molecular flexibility index (Phi) is 4.35. The molecule has 0 amide bonds. The van der Waals surface area contributed by atoms with Gasteiger partial charge in [-0.2, -0.15) is 0 Å². The molecule has 1 heterocycles. The van der Waals surface area contributed by atoms with Crippen LogP contribution in [0, 0.1) is 0 Å². The number of nitrogens with one attached hydrogen (secondary N) is 1. The standard InChI is InChI=1S/C14H19Cl2N/c1-2-14(8-4-3-5-9-17-14)11-6-7-12(15)13(16)10-11/h6-7,10,17H,2-5,8-9H2,1H3. The molecule has 1 aromatic carbocycles. The summed E-state index contributed by atoms with van der Waals surface area (Å²) in [5.74, 6) is 0. The van der Waals surface area contributed by atoms with Crippen molar-refractivity contribution in [2.45, 2.75) is 44.6 Å². The lowest BCUT2D eigenvalue weighted by Gasteiger charge is -2.33. The SMILES string of the molecule is CCC1(c2ccc(Cl)c(Cl)c2)CCCCCN1. The first-order chi connectivity index (χ1) is 8.18. The van der Waals surface area contributed by atoms with Crippen molar-refractivity contribution < 1.29 is 0 Å². The summed E-state index contributed by atoms with van der Waals surface area (Å²) in [7, 11) is 0. The molecule has 0 aromatic heterocycles. The molecule has 1 N–H and O–H groups in total. The predicted octanol–water partition coefficient (Wildman–Crippen LogP) is 4.76. The van der Waals surface area contributed by atoms with Crippen LogP contribution in [0.3, 0.4) is 0 Å². The van der Waals surface area contributed by atoms with Gasteiger partial charge in [-0.3, -0.25) is 0 Å². The van der Waals surface area contributed by atoms with Gasteiger partial charge in [0.05, 0.1) is 10.0 Å². The van der Waals surface area contributed by atoms with Gasteiger partial charge < -0.3 is 5.32 Å². The van der Waals surface area contributed by atoms with Gasteiger partial charge in [0.15, 0.2) is 0 Å². The smallest absolute Gasteiger partial charge is 0.0595 e. The maximum absolute atomic E-state index is 6.13. The van der Waals surface area contributed by atoms with Crippen molar-refractivity contribution in [3.8, 4) is 0 Å². The second kappa shape index (κ2) is 5.60. The van der Waals surface area contributed by atoms with E-state index in [2.05, 4.69) is 18.3 Å². The number of halogens is 2. The highest BCUT2D eigenvalue weighted by atomic mass is 35.5. The van der Waals surface area contributed by atoms with Crippen molar-refractivity contribution in [2.75, 3.05) is 6.54 Å². The monoisotopic (exact) mass is 271 g/mol. The number of benzene rings is 1. The molecule has 0 saturated carbocycles. The number of rotatable bonds is 2. The first kappa shape index (κ1) is 13.2. The van der Waals surface area contributed by atoms with Crippen LogP contribution in [-0.2, 0) is 5.54 Å². The van der Waals surface area contributed by atoms with Crippen LogP contribution < -0.4 is 5.32 Å². The quantitative estimate of drug-likeness (QED) is 0.818. The average molecular weight is 272 g/mol. The van der Waals surface area contributed by atoms with Crippen LogP contribution in [0.15, 0.2) is 18.2 Å². The average Bonchev–Trinajstić information content (AvgIpc) is 2.59. The van der Waals surface area contributed by atoms with E-state index in [4.69, 9.17) is 23.2 Å². The Morgan fingerprint density at radius 1 is 1.18 bits per heavy atom. The molecule has 17 heavy (non-hydrogen) atoms. The molecule has 1 nitrogen and oxygen atoms in total. The molecular weight excluding hydrogens is 253 g/mol. The maximum atomic E-state index is 6.13. The van der Waals surface area contributed by atoms with Crippen LogP contribution in [0.5, 0.6) is 0 Å². The highest BCUT2D eigenvalue weighted by Crippen LogP contribution is 2.35. The zero-order valence-corrected chi connectivity index (χ0v) is 11.7. The number of hydrogen-bond donors (Lipinski definition) is 1. The van der Waals surface area contributed by atoms with Crippen LogP contribution in [0.2, 0.25) is 10.0 Å². The molecule has 1 aromatic rings. The van der Waals surface area contributed by atoms with Crippen molar-refractivity contribution in [1.82, 2.24) is 5.32 Å². The molecule has 1 aliphatic rings. The lowest BCUT2D eigenvalue weighted by Crippen LogP contribution is -2.41. The van der Waals surface area contributed by atoms with Crippen molar-refractivity contribution >= 4 is 23.2 Å². The zero-order valence-electron chi connectivity index (χ0n) is 10.2. The van der Waals surface area contributed by atoms with Gasteiger partial charge >= 0.3 is 0 Å². The zero-order chi connectivity index (χ0) is 12.3. The highest BCUT2D eigenvalue weighted by Gasteiger charge is 2.30. The van der Waals surface area contributed by atoms with E-state index < -0.39 is 0 Å². The van der Waals surface area contributed by atoms with E-state index in [0.717, 1.165) is 13.0 Å². The fraction of sp³-hybridized carbons (Fsp3) is 0.571. The normalized spacial score (nSPS) is 25.6.